The Morgan fingerprint density at radius 2 is 2.00 bits per heavy atom. The molecular weight excluding hydrogens is 499 g/mol. The van der Waals surface area contributed by atoms with Gasteiger partial charge in [0.25, 0.3) is 0 Å². The highest BCUT2D eigenvalue weighted by molar-refractivity contribution is 14.1. The van der Waals surface area contributed by atoms with Gasteiger partial charge in [-0.25, -0.2) is 9.98 Å². The number of Topliss-reactive ketones (excluding diaryl/α,β-unsaturated/α-hetero) is 1. The Hall–Kier alpha value is -1.26. The molecule has 3 heterocycles. The highest BCUT2D eigenvalue weighted by Crippen LogP contribution is 2.42. The van der Waals surface area contributed by atoms with Crippen molar-refractivity contribution >= 4 is 68.1 Å². The van der Waals surface area contributed by atoms with Crippen molar-refractivity contribution in [1.29, 1.82) is 0 Å². The van der Waals surface area contributed by atoms with Crippen LogP contribution in [0.25, 0.3) is 10.2 Å². The zero-order chi connectivity index (χ0) is 21.4. The average molecular weight is 530 g/mol. The number of unbranched alkanes of at least 4 members (excludes halogenated alkanes) is 2. The number of anilines is 1. The third kappa shape index (κ3) is 5.67. The molecule has 3 rings (SSSR count). The van der Waals surface area contributed by atoms with Crippen molar-refractivity contribution in [3.63, 3.8) is 0 Å². The van der Waals surface area contributed by atoms with Crippen molar-refractivity contribution in [1.82, 2.24) is 9.88 Å². The molecule has 2 aromatic rings. The van der Waals surface area contributed by atoms with E-state index in [9.17, 15) is 4.79 Å². The zero-order valence-electron chi connectivity index (χ0n) is 17.7. The van der Waals surface area contributed by atoms with E-state index >= 15 is 0 Å². The molecule has 0 unspecified atom stereocenters. The summed E-state index contributed by atoms with van der Waals surface area (Å²) in [6.07, 6.45) is 10.7. The van der Waals surface area contributed by atoms with Crippen molar-refractivity contribution < 1.29 is 8.23 Å². The molecule has 6 nitrogen and oxygen atoms in total. The van der Waals surface area contributed by atoms with E-state index in [1.165, 1.54) is 30.6 Å². The van der Waals surface area contributed by atoms with Gasteiger partial charge in [-0.15, -0.1) is 11.3 Å². The fraction of sp³-hybridized carbons (Fsp3) is 0.571. The number of aliphatic imine (C=N–C) groups is 1. The number of hydrogen-bond acceptors (Lipinski definition) is 7. The number of pyridine rings is 1. The monoisotopic (exact) mass is 530 g/mol. The zero-order valence-corrected chi connectivity index (χ0v) is 20.7. The first kappa shape index (κ1) is 24.0. The molecule has 0 saturated heterocycles. The molecule has 160 valence electrons. The molecule has 0 saturated carbocycles. The van der Waals surface area contributed by atoms with Crippen LogP contribution in [0.5, 0.6) is 0 Å². The maximum atomic E-state index is 13.1. The number of carbonyl (C=O) groups excluding carboxylic acids is 1. The van der Waals surface area contributed by atoms with Crippen molar-refractivity contribution in [2.24, 2.45) is 4.99 Å². The number of fused-ring (bicyclic) bond motifs is 3. The molecule has 0 fully saturated rings. The van der Waals surface area contributed by atoms with E-state index in [-0.39, 0.29) is 5.78 Å². The fourth-order valence-electron chi connectivity index (χ4n) is 3.75. The van der Waals surface area contributed by atoms with E-state index in [0.717, 1.165) is 68.7 Å². The van der Waals surface area contributed by atoms with E-state index in [4.69, 9.17) is 8.43 Å². The standard InChI is InChI=1S/C21H30N4OS.HIO/c1-5-7-8-10-15(9-6-2)25-13-17(26)20-19(23-14-25)18-16(24(3)4)11-12-22-21(18)27-20;1-2/h11-12,14-15H,5-10,13H2,1-4H3;2H/t15-;/m1./s1. The highest BCUT2D eigenvalue weighted by atomic mass is 127. The Morgan fingerprint density at radius 3 is 2.66 bits per heavy atom. The second kappa shape index (κ2) is 11.8. The van der Waals surface area contributed by atoms with Crippen LogP contribution in [0.3, 0.4) is 0 Å². The number of halogens is 1. The molecule has 0 aromatic carbocycles. The largest absolute Gasteiger partial charge is 0.377 e. The smallest absolute Gasteiger partial charge is 0.194 e. The first-order valence-electron chi connectivity index (χ1n) is 10.2. The van der Waals surface area contributed by atoms with Gasteiger partial charge in [0.1, 0.15) is 32.7 Å². The quantitative estimate of drug-likeness (QED) is 0.356. The van der Waals surface area contributed by atoms with E-state index in [2.05, 4.69) is 28.6 Å². The molecule has 0 aliphatic carbocycles. The number of thiophene rings is 1. The predicted octanol–water partition coefficient (Wildman–Crippen LogP) is 5.60. The lowest BCUT2D eigenvalue weighted by Crippen LogP contribution is -2.37. The lowest BCUT2D eigenvalue weighted by atomic mass is 10.0. The van der Waals surface area contributed by atoms with Gasteiger partial charge in [0.05, 0.1) is 29.6 Å². The third-order valence-electron chi connectivity index (χ3n) is 5.17. The van der Waals surface area contributed by atoms with Crippen LogP contribution in [-0.4, -0.2) is 52.1 Å². The fourth-order valence-corrected chi connectivity index (χ4v) is 4.79. The van der Waals surface area contributed by atoms with Crippen LogP contribution < -0.4 is 4.90 Å². The molecular formula is C21H31IN4O2S. The number of ketones is 1. The number of hydrogen-bond donors (Lipinski definition) is 1. The first-order valence-corrected chi connectivity index (χ1v) is 11.9. The summed E-state index contributed by atoms with van der Waals surface area (Å²) in [6.45, 7) is 4.85. The second-order valence-corrected chi connectivity index (χ2v) is 8.46. The van der Waals surface area contributed by atoms with Gasteiger partial charge in [-0.05, 0) is 18.9 Å². The lowest BCUT2D eigenvalue weighted by Gasteiger charge is -2.28. The van der Waals surface area contributed by atoms with Gasteiger partial charge in [0.15, 0.2) is 5.78 Å². The molecule has 0 bridgehead atoms. The average Bonchev–Trinajstić information content (AvgIpc) is 3.02. The SMILES string of the molecule is CCCCC[C@@H](CCC)N1C=Nc2c(sc3nccc(N(C)C)c23)C(=O)C1.OI. The summed E-state index contributed by atoms with van der Waals surface area (Å²) < 4.78 is 6.97. The molecule has 0 amide bonds. The Bertz CT molecular complexity index is 837. The van der Waals surface area contributed by atoms with Gasteiger partial charge >= 0.3 is 0 Å². The van der Waals surface area contributed by atoms with Gasteiger partial charge in [-0.2, -0.15) is 0 Å². The topological polar surface area (TPSA) is 69.0 Å². The van der Waals surface area contributed by atoms with Gasteiger partial charge in [-0.3, -0.25) is 4.79 Å². The molecule has 0 spiro atoms. The lowest BCUT2D eigenvalue weighted by molar-refractivity contribution is 0.0951. The summed E-state index contributed by atoms with van der Waals surface area (Å²) in [7, 11) is 4.02. The van der Waals surface area contributed by atoms with Crippen molar-refractivity contribution in [3.05, 3.63) is 17.1 Å². The minimum atomic E-state index is 0.159. The first-order chi connectivity index (χ1) is 14.1. The summed E-state index contributed by atoms with van der Waals surface area (Å²) >= 11 is 2.62. The van der Waals surface area contributed by atoms with E-state index in [1.54, 1.807) is 6.20 Å². The summed E-state index contributed by atoms with van der Waals surface area (Å²) in [6, 6.07) is 2.38. The summed E-state index contributed by atoms with van der Waals surface area (Å²) in [5.41, 5.74) is 1.85. The van der Waals surface area contributed by atoms with Crippen LogP contribution in [0.2, 0.25) is 0 Å². The van der Waals surface area contributed by atoms with Crippen molar-refractivity contribution in [2.45, 2.75) is 58.4 Å². The van der Waals surface area contributed by atoms with Gasteiger partial charge in [0, 0.05) is 26.3 Å². The van der Waals surface area contributed by atoms with E-state index < -0.39 is 0 Å². The van der Waals surface area contributed by atoms with Gasteiger partial charge in [-0.1, -0.05) is 39.5 Å². The molecule has 0 radical (unpaired) electrons. The molecule has 1 atom stereocenters. The van der Waals surface area contributed by atoms with Crippen LogP contribution in [0, 0.1) is 0 Å². The summed E-state index contributed by atoms with van der Waals surface area (Å²) in [5.74, 6) is 0.159. The number of nitrogens with zero attached hydrogens (tertiary/aromatic N) is 4. The molecule has 29 heavy (non-hydrogen) atoms. The molecule has 8 heteroatoms. The van der Waals surface area contributed by atoms with Gasteiger partial charge in [0.2, 0.25) is 0 Å². The summed E-state index contributed by atoms with van der Waals surface area (Å²) in [4.78, 5) is 28.2. The maximum absolute atomic E-state index is 13.1. The van der Waals surface area contributed by atoms with E-state index in [1.807, 2.05) is 26.5 Å². The molecule has 1 N–H and O–H groups in total. The minimum absolute atomic E-state index is 0.159. The van der Waals surface area contributed by atoms with Crippen LogP contribution in [0.15, 0.2) is 17.3 Å². The van der Waals surface area contributed by atoms with Crippen molar-refractivity contribution in [2.75, 3.05) is 25.5 Å². The highest BCUT2D eigenvalue weighted by Gasteiger charge is 2.27. The second-order valence-electron chi connectivity index (χ2n) is 7.46. The third-order valence-corrected chi connectivity index (χ3v) is 6.30. The van der Waals surface area contributed by atoms with E-state index in [0.29, 0.717) is 12.6 Å². The van der Waals surface area contributed by atoms with Crippen LogP contribution in [-0.2, 0) is 0 Å². The minimum Gasteiger partial charge on any atom is -0.377 e. The van der Waals surface area contributed by atoms with Gasteiger partial charge < -0.3 is 13.2 Å². The van der Waals surface area contributed by atoms with Crippen LogP contribution >= 0.6 is 34.3 Å². The Labute approximate surface area is 191 Å². The van der Waals surface area contributed by atoms with Crippen molar-refractivity contribution in [3.8, 4) is 0 Å². The number of carbonyl (C=O) groups is 1. The molecule has 1 aliphatic rings. The van der Waals surface area contributed by atoms with Crippen LogP contribution in [0.4, 0.5) is 11.4 Å². The maximum Gasteiger partial charge on any atom is 0.194 e. The van der Waals surface area contributed by atoms with Crippen LogP contribution in [0.1, 0.15) is 62.0 Å². The Morgan fingerprint density at radius 1 is 1.24 bits per heavy atom. The number of rotatable bonds is 8. The predicted molar refractivity (Wildman–Crippen MR) is 132 cm³/mol. The Kier molecular flexibility index (Phi) is 9.78. The Balaban J connectivity index is 0.00000145. The normalized spacial score (nSPS) is 14.3. The number of aromatic nitrogens is 1. The summed E-state index contributed by atoms with van der Waals surface area (Å²) in [5, 5.41) is 0.993. The molecule has 1 aliphatic heterocycles. The molecule has 2 aromatic heterocycles.